The van der Waals surface area contributed by atoms with Gasteiger partial charge in [0, 0.05) is 5.46 Å². The molecule has 0 amide bonds. The van der Waals surface area contributed by atoms with E-state index in [1.165, 1.54) is 7.11 Å². The van der Waals surface area contributed by atoms with Gasteiger partial charge in [-0.2, -0.15) is 0 Å². The summed E-state index contributed by atoms with van der Waals surface area (Å²) < 4.78 is 10.8. The largest absolute Gasteiger partial charge is 0.497 e. The van der Waals surface area contributed by atoms with E-state index in [2.05, 4.69) is 0 Å². The molecular formula is C15H16BClO4. The number of aryl methyl sites for hydroxylation is 1. The predicted octanol–water partition coefficient (Wildman–Crippen LogP) is 1.92. The summed E-state index contributed by atoms with van der Waals surface area (Å²) in [6.07, 6.45) is 0. The van der Waals surface area contributed by atoms with Gasteiger partial charge in [0.05, 0.1) is 12.1 Å². The third kappa shape index (κ3) is 3.91. The van der Waals surface area contributed by atoms with Crippen LogP contribution in [0.5, 0.6) is 11.5 Å². The molecule has 0 saturated heterocycles. The Balaban J connectivity index is 2.16. The van der Waals surface area contributed by atoms with E-state index in [1.807, 2.05) is 19.1 Å². The van der Waals surface area contributed by atoms with Gasteiger partial charge in [0.2, 0.25) is 0 Å². The van der Waals surface area contributed by atoms with Crippen molar-refractivity contribution in [3.8, 4) is 11.5 Å². The van der Waals surface area contributed by atoms with E-state index in [-0.39, 0.29) is 6.61 Å². The molecule has 0 unspecified atom stereocenters. The zero-order valence-corrected chi connectivity index (χ0v) is 12.6. The number of ether oxygens (including phenoxy) is 2. The molecule has 2 aromatic carbocycles. The van der Waals surface area contributed by atoms with Crippen LogP contribution in [0.4, 0.5) is 0 Å². The van der Waals surface area contributed by atoms with Crippen LogP contribution in [0.2, 0.25) is 5.02 Å². The third-order valence-electron chi connectivity index (χ3n) is 3.05. The van der Waals surface area contributed by atoms with Crippen LogP contribution in [0.15, 0.2) is 36.4 Å². The van der Waals surface area contributed by atoms with Crippen molar-refractivity contribution < 1.29 is 19.5 Å². The average Bonchev–Trinajstić information content (AvgIpc) is 2.47. The van der Waals surface area contributed by atoms with Gasteiger partial charge in [-0.05, 0) is 36.2 Å². The van der Waals surface area contributed by atoms with E-state index < -0.39 is 7.12 Å². The lowest BCUT2D eigenvalue weighted by Gasteiger charge is -2.12. The molecular weight excluding hydrogens is 290 g/mol. The summed E-state index contributed by atoms with van der Waals surface area (Å²) in [4.78, 5) is 0. The smallest absolute Gasteiger partial charge is 0.492 e. The summed E-state index contributed by atoms with van der Waals surface area (Å²) in [5, 5.41) is 19.2. The first-order valence-corrected chi connectivity index (χ1v) is 6.81. The second-order valence-corrected chi connectivity index (χ2v) is 5.08. The summed E-state index contributed by atoms with van der Waals surface area (Å²) in [5.41, 5.74) is 2.14. The number of methoxy groups -OCH3 is 1. The molecule has 2 rings (SSSR count). The van der Waals surface area contributed by atoms with E-state index in [0.717, 1.165) is 11.1 Å². The maximum Gasteiger partial charge on any atom is 0.492 e. The number of halogens is 1. The number of rotatable bonds is 5. The fourth-order valence-electron chi connectivity index (χ4n) is 1.96. The molecule has 0 fully saturated rings. The molecule has 2 aromatic rings. The van der Waals surface area contributed by atoms with E-state index in [4.69, 9.17) is 21.1 Å². The molecule has 110 valence electrons. The zero-order valence-electron chi connectivity index (χ0n) is 11.8. The topological polar surface area (TPSA) is 58.9 Å². The number of hydrogen-bond donors (Lipinski definition) is 2. The van der Waals surface area contributed by atoms with Gasteiger partial charge in [0.1, 0.15) is 18.1 Å². The Labute approximate surface area is 129 Å². The maximum atomic E-state index is 9.34. The molecule has 0 saturated carbocycles. The van der Waals surface area contributed by atoms with Crippen molar-refractivity contribution in [2.45, 2.75) is 13.5 Å². The van der Waals surface area contributed by atoms with Gasteiger partial charge < -0.3 is 19.5 Å². The first-order valence-electron chi connectivity index (χ1n) is 6.43. The lowest BCUT2D eigenvalue weighted by molar-refractivity contribution is 0.306. The minimum absolute atomic E-state index is 0.271. The minimum Gasteiger partial charge on any atom is -0.497 e. The van der Waals surface area contributed by atoms with Crippen LogP contribution >= 0.6 is 11.6 Å². The average molecular weight is 307 g/mol. The summed E-state index contributed by atoms with van der Waals surface area (Å²) in [6.45, 7) is 2.23. The lowest BCUT2D eigenvalue weighted by atomic mass is 9.79. The molecule has 0 aromatic heterocycles. The van der Waals surface area contributed by atoms with Crippen LogP contribution in [-0.2, 0) is 6.61 Å². The highest BCUT2D eigenvalue weighted by atomic mass is 35.5. The highest BCUT2D eigenvalue weighted by Crippen LogP contribution is 2.26. The number of benzene rings is 2. The van der Waals surface area contributed by atoms with Crippen LogP contribution in [0.25, 0.3) is 0 Å². The third-order valence-corrected chi connectivity index (χ3v) is 3.37. The van der Waals surface area contributed by atoms with Gasteiger partial charge >= 0.3 is 7.12 Å². The van der Waals surface area contributed by atoms with Crippen molar-refractivity contribution in [1.29, 1.82) is 0 Å². The fraction of sp³-hybridized carbons (Fsp3) is 0.200. The van der Waals surface area contributed by atoms with Gasteiger partial charge in [-0.25, -0.2) is 0 Å². The Morgan fingerprint density at radius 1 is 1.10 bits per heavy atom. The molecule has 2 N–H and O–H groups in total. The van der Waals surface area contributed by atoms with Gasteiger partial charge in [-0.3, -0.25) is 0 Å². The quantitative estimate of drug-likeness (QED) is 0.829. The maximum absolute atomic E-state index is 9.34. The summed E-state index contributed by atoms with van der Waals surface area (Å²) in [5.74, 6) is 1.01. The van der Waals surface area contributed by atoms with Crippen LogP contribution in [-0.4, -0.2) is 24.3 Å². The molecule has 0 spiro atoms. The lowest BCUT2D eigenvalue weighted by Crippen LogP contribution is -2.31. The Morgan fingerprint density at radius 3 is 2.52 bits per heavy atom. The predicted molar refractivity (Wildman–Crippen MR) is 83.3 cm³/mol. The zero-order chi connectivity index (χ0) is 15.4. The SMILES string of the molecule is COc1ccc(COc2cc(C)ccc2Cl)cc1B(O)O. The Kier molecular flexibility index (Phi) is 5.12. The van der Waals surface area contributed by atoms with E-state index in [0.29, 0.717) is 22.0 Å². The molecule has 0 atom stereocenters. The van der Waals surface area contributed by atoms with Crippen molar-refractivity contribution in [1.82, 2.24) is 0 Å². The number of hydrogen-bond acceptors (Lipinski definition) is 4. The monoisotopic (exact) mass is 306 g/mol. The molecule has 0 aliphatic carbocycles. The summed E-state index contributed by atoms with van der Waals surface area (Å²) >= 11 is 6.07. The van der Waals surface area contributed by atoms with Crippen LogP contribution in [0, 0.1) is 6.92 Å². The second kappa shape index (κ2) is 6.85. The highest BCUT2D eigenvalue weighted by Gasteiger charge is 2.17. The van der Waals surface area contributed by atoms with Crippen LogP contribution < -0.4 is 14.9 Å². The molecule has 4 nitrogen and oxygen atoms in total. The summed E-state index contributed by atoms with van der Waals surface area (Å²) in [6, 6.07) is 10.6. The molecule has 0 radical (unpaired) electrons. The normalized spacial score (nSPS) is 10.3. The molecule has 0 bridgehead atoms. The Hall–Kier alpha value is -1.69. The standard InChI is InChI=1S/C15H16BClO4/c1-10-3-5-13(17)15(7-10)21-9-11-4-6-14(20-2)12(8-11)16(18)19/h3-8,18-19H,9H2,1-2H3. The second-order valence-electron chi connectivity index (χ2n) is 4.67. The van der Waals surface area contributed by atoms with Crippen molar-refractivity contribution in [2.24, 2.45) is 0 Å². The van der Waals surface area contributed by atoms with Gasteiger partial charge in [0.25, 0.3) is 0 Å². The molecule has 0 heterocycles. The van der Waals surface area contributed by atoms with E-state index in [1.54, 1.807) is 24.3 Å². The first kappa shape index (κ1) is 15.7. The Morgan fingerprint density at radius 2 is 1.86 bits per heavy atom. The van der Waals surface area contributed by atoms with Crippen LogP contribution in [0.3, 0.4) is 0 Å². The van der Waals surface area contributed by atoms with Crippen molar-refractivity contribution >= 4 is 24.2 Å². The summed E-state index contributed by atoms with van der Waals surface area (Å²) in [7, 11) is -0.119. The van der Waals surface area contributed by atoms with Crippen molar-refractivity contribution in [3.05, 3.63) is 52.5 Å². The van der Waals surface area contributed by atoms with Gasteiger partial charge in [-0.15, -0.1) is 0 Å². The van der Waals surface area contributed by atoms with E-state index in [9.17, 15) is 10.0 Å². The molecule has 6 heteroatoms. The van der Waals surface area contributed by atoms with Crippen molar-refractivity contribution in [3.63, 3.8) is 0 Å². The molecule has 0 aliphatic heterocycles. The fourth-order valence-corrected chi connectivity index (χ4v) is 2.13. The van der Waals surface area contributed by atoms with Crippen LogP contribution in [0.1, 0.15) is 11.1 Å². The highest BCUT2D eigenvalue weighted by molar-refractivity contribution is 6.59. The van der Waals surface area contributed by atoms with Crippen molar-refractivity contribution in [2.75, 3.05) is 7.11 Å². The van der Waals surface area contributed by atoms with E-state index >= 15 is 0 Å². The Bertz CT molecular complexity index is 631. The minimum atomic E-state index is -1.59. The molecule has 21 heavy (non-hydrogen) atoms. The first-order chi connectivity index (χ1) is 10.0. The van der Waals surface area contributed by atoms with Gasteiger partial charge in [0.15, 0.2) is 0 Å². The molecule has 0 aliphatic rings. The van der Waals surface area contributed by atoms with Gasteiger partial charge in [-0.1, -0.05) is 29.8 Å².